The van der Waals surface area contributed by atoms with Crippen molar-refractivity contribution in [3.05, 3.63) is 23.8 Å². The number of methoxy groups -OCH3 is 1. The number of hydrogen-bond acceptors (Lipinski definition) is 6. The number of hydrogen-bond donors (Lipinski definition) is 3. The molecule has 0 aromatic heterocycles. The zero-order chi connectivity index (χ0) is 37.4. The summed E-state index contributed by atoms with van der Waals surface area (Å²) in [7, 11) is 1.54. The van der Waals surface area contributed by atoms with Crippen molar-refractivity contribution in [3.63, 3.8) is 0 Å². The van der Waals surface area contributed by atoms with Gasteiger partial charge in [-0.25, -0.2) is 0 Å². The van der Waals surface area contributed by atoms with E-state index in [1.165, 1.54) is 14.0 Å². The third-order valence-corrected chi connectivity index (χ3v) is 10.0. The predicted molar refractivity (Wildman–Crippen MR) is 162 cm³/mol. The Labute approximate surface area is 257 Å². The average molecular weight is 585 g/mol. The molecule has 2 aliphatic carbocycles. The number of carbonyl (C=O) groups is 2. The SMILES string of the molecule is [2H]C(C)([C@H]1[C@@H](C)C=CC2=CC(OC)C(C)(C)[C@](C)(OC(=O)[C@@H](C)CC(C)C)[C@@]21C)C([2H])([2H])[C@@]([2H])(O)C(C)(C)[C@@]([2H])(O)C([2H])(C)C(=O)O. The molecule has 3 N–H and O–H groups in total. The van der Waals surface area contributed by atoms with Gasteiger partial charge in [-0.15, -0.1) is 0 Å². The molecule has 41 heavy (non-hydrogen) atoms. The van der Waals surface area contributed by atoms with Gasteiger partial charge < -0.3 is 24.8 Å². The van der Waals surface area contributed by atoms with E-state index in [1.54, 1.807) is 33.8 Å². The largest absolute Gasteiger partial charge is 0.481 e. The zero-order valence-corrected chi connectivity index (χ0v) is 27.3. The third-order valence-electron chi connectivity index (χ3n) is 10.0. The number of esters is 1. The molecule has 3 unspecified atom stereocenters. The van der Waals surface area contributed by atoms with Crippen LogP contribution in [0.5, 0.6) is 0 Å². The Morgan fingerprint density at radius 2 is 1.68 bits per heavy atom. The molecule has 236 valence electrons. The third kappa shape index (κ3) is 6.19. The lowest BCUT2D eigenvalue weighted by Gasteiger charge is -2.64. The molecule has 7 heteroatoms. The Kier molecular flexibility index (Phi) is 8.20. The normalized spacial score (nSPS) is 38.8. The predicted octanol–water partition coefficient (Wildman–Crippen LogP) is 6.28. The number of allylic oxidation sites excluding steroid dienone is 2. The van der Waals surface area contributed by atoms with Crippen molar-refractivity contribution in [1.82, 2.24) is 0 Å². The molecule has 0 radical (unpaired) electrons. The van der Waals surface area contributed by atoms with Gasteiger partial charge in [0.2, 0.25) is 0 Å². The summed E-state index contributed by atoms with van der Waals surface area (Å²) in [6.45, 7) is 18.7. The van der Waals surface area contributed by atoms with Crippen LogP contribution >= 0.6 is 0 Å². The first-order valence-corrected chi connectivity index (χ1v) is 14.6. The van der Waals surface area contributed by atoms with Crippen molar-refractivity contribution in [2.24, 2.45) is 51.7 Å². The van der Waals surface area contributed by atoms with Gasteiger partial charge in [0.25, 0.3) is 0 Å². The fourth-order valence-corrected chi connectivity index (χ4v) is 6.99. The summed E-state index contributed by atoms with van der Waals surface area (Å²) >= 11 is 0. The number of fused-ring (bicyclic) bond motifs is 1. The molecule has 0 amide bonds. The smallest absolute Gasteiger partial charge is 0.309 e. The number of carboxylic acids is 1. The van der Waals surface area contributed by atoms with Gasteiger partial charge in [0.1, 0.15) is 5.60 Å². The van der Waals surface area contributed by atoms with Crippen molar-refractivity contribution >= 4 is 11.9 Å². The highest BCUT2D eigenvalue weighted by Crippen LogP contribution is 2.64. The Bertz CT molecular complexity index is 1290. The van der Waals surface area contributed by atoms with Gasteiger partial charge in [-0.1, -0.05) is 87.5 Å². The molecule has 0 aromatic rings. The number of aliphatic hydroxyl groups is 2. The van der Waals surface area contributed by atoms with E-state index < -0.39 is 88.0 Å². The summed E-state index contributed by atoms with van der Waals surface area (Å²) in [4.78, 5) is 25.8. The second-order valence-corrected chi connectivity index (χ2v) is 13.9. The summed E-state index contributed by atoms with van der Waals surface area (Å²) in [5.41, 5.74) is -5.78. The van der Waals surface area contributed by atoms with Gasteiger partial charge in [0, 0.05) is 28.8 Å². The highest BCUT2D eigenvalue weighted by atomic mass is 16.6. The van der Waals surface area contributed by atoms with Crippen LogP contribution in [0.2, 0.25) is 0 Å². The summed E-state index contributed by atoms with van der Waals surface area (Å²) < 4.78 is 66.9. The van der Waals surface area contributed by atoms with Crippen LogP contribution in [-0.4, -0.2) is 58.2 Å². The van der Waals surface area contributed by atoms with E-state index in [0.29, 0.717) is 12.0 Å². The molecule has 0 spiro atoms. The van der Waals surface area contributed by atoms with Crippen LogP contribution in [0.1, 0.15) is 104 Å². The number of carbonyl (C=O) groups excluding carboxylic acids is 1. The van der Waals surface area contributed by atoms with Gasteiger partial charge in [0.05, 0.1) is 32.8 Å². The molecular weight excluding hydrogens is 520 g/mol. The van der Waals surface area contributed by atoms with Crippen molar-refractivity contribution in [2.45, 2.75) is 120 Å². The molecule has 0 saturated carbocycles. The van der Waals surface area contributed by atoms with E-state index in [9.17, 15) is 29.0 Å². The second kappa shape index (κ2) is 12.5. The van der Waals surface area contributed by atoms with Crippen LogP contribution in [0.15, 0.2) is 23.8 Å². The van der Waals surface area contributed by atoms with E-state index in [1.807, 2.05) is 39.8 Å². The summed E-state index contributed by atoms with van der Waals surface area (Å²) in [5, 5.41) is 32.8. The first kappa shape index (κ1) is 26.9. The van der Waals surface area contributed by atoms with Crippen LogP contribution in [0.4, 0.5) is 0 Å². The molecule has 0 aliphatic heterocycles. The highest BCUT2D eigenvalue weighted by molar-refractivity contribution is 5.73. The molecule has 0 saturated heterocycles. The van der Waals surface area contributed by atoms with Crippen LogP contribution in [0.3, 0.4) is 0 Å². The minimum absolute atomic E-state index is 0.206. The average Bonchev–Trinajstić information content (AvgIpc) is 2.90. The van der Waals surface area contributed by atoms with Crippen molar-refractivity contribution in [2.75, 3.05) is 7.11 Å². The Morgan fingerprint density at radius 3 is 2.17 bits per heavy atom. The Hall–Kier alpha value is -1.70. The molecule has 10 atom stereocenters. The monoisotopic (exact) mass is 584 g/mol. The maximum Gasteiger partial charge on any atom is 0.309 e. The summed E-state index contributed by atoms with van der Waals surface area (Å²) in [5.74, 6) is -9.81. The summed E-state index contributed by atoms with van der Waals surface area (Å²) in [6, 6.07) is 0. The van der Waals surface area contributed by atoms with Gasteiger partial charge >= 0.3 is 11.9 Å². The van der Waals surface area contributed by atoms with Crippen molar-refractivity contribution in [3.8, 4) is 0 Å². The minimum atomic E-state index is -3.51. The van der Waals surface area contributed by atoms with Crippen LogP contribution < -0.4 is 0 Å². The van der Waals surface area contributed by atoms with Crippen LogP contribution in [0.25, 0.3) is 0 Å². The van der Waals surface area contributed by atoms with Crippen molar-refractivity contribution < 1.29 is 42.6 Å². The fraction of sp³-hybridized carbons (Fsp3) is 0.824. The molecular formula is C34H58O7. The maximum atomic E-state index is 13.8. The van der Waals surface area contributed by atoms with Crippen molar-refractivity contribution in [1.29, 1.82) is 0 Å². The van der Waals surface area contributed by atoms with Gasteiger partial charge in [-0.3, -0.25) is 9.59 Å². The summed E-state index contributed by atoms with van der Waals surface area (Å²) in [6.07, 6.45) is -4.73. The number of carboxylic acid groups (broad SMARTS) is 1. The topological polar surface area (TPSA) is 113 Å². The lowest BCUT2D eigenvalue weighted by molar-refractivity contribution is -0.232. The number of ether oxygens (including phenoxy) is 2. The zero-order valence-electron chi connectivity index (χ0n) is 33.3. The van der Waals surface area contributed by atoms with E-state index >= 15 is 0 Å². The second-order valence-electron chi connectivity index (χ2n) is 13.9. The van der Waals surface area contributed by atoms with Gasteiger partial charge in [-0.2, -0.15) is 0 Å². The van der Waals surface area contributed by atoms with Crippen LogP contribution in [-0.2, 0) is 19.1 Å². The minimum Gasteiger partial charge on any atom is -0.481 e. The van der Waals surface area contributed by atoms with E-state index in [-0.39, 0.29) is 5.92 Å². The number of rotatable bonds is 12. The highest BCUT2D eigenvalue weighted by Gasteiger charge is 2.67. The first-order chi connectivity index (χ1) is 20.7. The molecule has 0 bridgehead atoms. The molecule has 0 aromatic carbocycles. The quantitative estimate of drug-likeness (QED) is 0.232. The van der Waals surface area contributed by atoms with E-state index in [0.717, 1.165) is 20.8 Å². The Balaban J connectivity index is 2.96. The van der Waals surface area contributed by atoms with Crippen LogP contribution in [0, 0.1) is 51.7 Å². The standard InChI is InChI=1S/C34H58O7/c1-19(2)16-22(5)30(39)41-34(12)32(9,10)26(40-13)18-24-15-14-20(3)27(33(24,34)11)21(4)17-25(35)31(7,8)28(36)23(6)29(37)38/h14-15,18-23,25-28,35-36H,16-17H2,1-13H3,(H,37,38)/t20-,21?,22-,23?,25+,26?,27+,28-,33-,34-/m0/s1/i17D2,21D,23D,25D,28D. The van der Waals surface area contributed by atoms with E-state index in [2.05, 4.69) is 0 Å². The Morgan fingerprint density at radius 1 is 1.12 bits per heavy atom. The fourth-order valence-electron chi connectivity index (χ4n) is 6.99. The molecule has 2 rings (SSSR count). The molecule has 0 fully saturated rings. The number of aliphatic carboxylic acids is 1. The lowest BCUT2D eigenvalue weighted by Crippen LogP contribution is -2.68. The molecule has 0 heterocycles. The first-order valence-electron chi connectivity index (χ1n) is 17.6. The van der Waals surface area contributed by atoms with Gasteiger partial charge in [-0.05, 0) is 55.9 Å². The van der Waals surface area contributed by atoms with E-state index in [4.69, 9.17) is 13.6 Å². The molecule has 2 aliphatic rings. The van der Waals surface area contributed by atoms with Gasteiger partial charge in [0.15, 0.2) is 0 Å². The maximum absolute atomic E-state index is 13.8. The molecule has 7 nitrogen and oxygen atoms in total. The lowest BCUT2D eigenvalue weighted by atomic mass is 9.44.